The second-order valence-electron chi connectivity index (χ2n) is 4.00. The molecule has 0 saturated carbocycles. The summed E-state index contributed by atoms with van der Waals surface area (Å²) in [4.78, 5) is 2.23. The SMILES string of the molecule is CCN(CCOC)C(C)c1cc(Cl)ccc1O. The molecule has 1 aromatic rings. The molecule has 0 aliphatic carbocycles. The first-order valence-corrected chi connectivity index (χ1v) is 6.19. The Balaban J connectivity index is 2.85. The molecule has 1 N–H and O–H groups in total. The highest BCUT2D eigenvalue weighted by Gasteiger charge is 2.17. The lowest BCUT2D eigenvalue weighted by Crippen LogP contribution is -2.30. The summed E-state index contributed by atoms with van der Waals surface area (Å²) in [5.74, 6) is 0.290. The third-order valence-electron chi connectivity index (χ3n) is 2.98. The van der Waals surface area contributed by atoms with E-state index >= 15 is 0 Å². The first-order chi connectivity index (χ1) is 8.10. The van der Waals surface area contributed by atoms with E-state index in [9.17, 15) is 5.11 Å². The fourth-order valence-electron chi connectivity index (χ4n) is 1.89. The van der Waals surface area contributed by atoms with Gasteiger partial charge in [0.1, 0.15) is 5.75 Å². The molecule has 1 aromatic carbocycles. The largest absolute Gasteiger partial charge is 0.508 e. The van der Waals surface area contributed by atoms with E-state index in [1.165, 1.54) is 0 Å². The molecule has 0 aliphatic heterocycles. The summed E-state index contributed by atoms with van der Waals surface area (Å²) in [6.07, 6.45) is 0. The van der Waals surface area contributed by atoms with Crippen molar-refractivity contribution in [1.29, 1.82) is 0 Å². The van der Waals surface area contributed by atoms with E-state index in [-0.39, 0.29) is 11.8 Å². The molecule has 1 rings (SSSR count). The van der Waals surface area contributed by atoms with Crippen LogP contribution in [-0.2, 0) is 4.74 Å². The average Bonchev–Trinajstić information content (AvgIpc) is 2.33. The van der Waals surface area contributed by atoms with Crippen LogP contribution < -0.4 is 0 Å². The predicted octanol–water partition coefficient (Wildman–Crippen LogP) is 3.07. The Morgan fingerprint density at radius 2 is 2.18 bits per heavy atom. The maximum absolute atomic E-state index is 9.86. The highest BCUT2D eigenvalue weighted by molar-refractivity contribution is 6.30. The molecule has 17 heavy (non-hydrogen) atoms. The number of phenols is 1. The number of ether oxygens (including phenoxy) is 1. The van der Waals surface area contributed by atoms with E-state index in [0.717, 1.165) is 18.7 Å². The molecule has 0 fully saturated rings. The van der Waals surface area contributed by atoms with Crippen LogP contribution in [0, 0.1) is 0 Å². The van der Waals surface area contributed by atoms with Crippen LogP contribution in [0.3, 0.4) is 0 Å². The zero-order valence-electron chi connectivity index (χ0n) is 10.6. The van der Waals surface area contributed by atoms with Gasteiger partial charge in [0.15, 0.2) is 0 Å². The van der Waals surface area contributed by atoms with Crippen LogP contribution in [0.2, 0.25) is 5.02 Å². The van der Waals surface area contributed by atoms with Gasteiger partial charge in [0.2, 0.25) is 0 Å². The summed E-state index contributed by atoms with van der Waals surface area (Å²) in [5, 5.41) is 10.5. The lowest BCUT2D eigenvalue weighted by Gasteiger charge is -2.28. The highest BCUT2D eigenvalue weighted by Crippen LogP contribution is 2.30. The van der Waals surface area contributed by atoms with Gasteiger partial charge in [-0.3, -0.25) is 4.90 Å². The van der Waals surface area contributed by atoms with Gasteiger partial charge in [-0.1, -0.05) is 18.5 Å². The number of aromatic hydroxyl groups is 1. The van der Waals surface area contributed by atoms with Crippen molar-refractivity contribution in [3.63, 3.8) is 0 Å². The molecule has 96 valence electrons. The van der Waals surface area contributed by atoms with Crippen LogP contribution in [-0.4, -0.2) is 36.8 Å². The number of likely N-dealkylation sites (N-methyl/N-ethyl adjacent to an activating group) is 1. The van der Waals surface area contributed by atoms with Crippen molar-refractivity contribution in [3.05, 3.63) is 28.8 Å². The minimum absolute atomic E-state index is 0.119. The van der Waals surface area contributed by atoms with Crippen LogP contribution >= 0.6 is 11.6 Å². The summed E-state index contributed by atoms with van der Waals surface area (Å²) in [7, 11) is 1.69. The maximum Gasteiger partial charge on any atom is 0.120 e. The van der Waals surface area contributed by atoms with Crippen LogP contribution in [0.5, 0.6) is 5.75 Å². The normalized spacial score (nSPS) is 13.0. The number of halogens is 1. The quantitative estimate of drug-likeness (QED) is 0.850. The standard InChI is InChI=1S/C13H20ClNO2/c1-4-15(7-8-17-3)10(2)12-9-11(14)5-6-13(12)16/h5-6,9-10,16H,4,7-8H2,1-3H3. The van der Waals surface area contributed by atoms with E-state index in [4.69, 9.17) is 16.3 Å². The highest BCUT2D eigenvalue weighted by atomic mass is 35.5. The number of hydrogen-bond acceptors (Lipinski definition) is 3. The molecule has 0 heterocycles. The zero-order valence-corrected chi connectivity index (χ0v) is 11.4. The Morgan fingerprint density at radius 1 is 1.47 bits per heavy atom. The van der Waals surface area contributed by atoms with Crippen LogP contribution in [0.4, 0.5) is 0 Å². The lowest BCUT2D eigenvalue weighted by atomic mass is 10.1. The third-order valence-corrected chi connectivity index (χ3v) is 3.21. The smallest absolute Gasteiger partial charge is 0.120 e. The summed E-state index contributed by atoms with van der Waals surface area (Å²) in [6.45, 7) is 6.56. The van der Waals surface area contributed by atoms with E-state index < -0.39 is 0 Å². The van der Waals surface area contributed by atoms with Gasteiger partial charge in [-0.2, -0.15) is 0 Å². The summed E-state index contributed by atoms with van der Waals surface area (Å²) < 4.78 is 5.08. The van der Waals surface area contributed by atoms with Gasteiger partial charge >= 0.3 is 0 Å². The Kier molecular flexibility index (Phi) is 5.75. The molecular weight excluding hydrogens is 238 g/mol. The molecule has 0 saturated heterocycles. The van der Waals surface area contributed by atoms with E-state index in [1.807, 2.05) is 6.07 Å². The lowest BCUT2D eigenvalue weighted by molar-refractivity contribution is 0.128. The molecule has 0 bridgehead atoms. The first kappa shape index (κ1) is 14.3. The van der Waals surface area contributed by atoms with Gasteiger partial charge in [-0.05, 0) is 31.7 Å². The van der Waals surface area contributed by atoms with Crippen molar-refractivity contribution in [2.24, 2.45) is 0 Å². The Bertz CT molecular complexity index is 357. The number of phenolic OH excluding ortho intramolecular Hbond substituents is 1. The van der Waals surface area contributed by atoms with Gasteiger partial charge in [-0.15, -0.1) is 0 Å². The van der Waals surface area contributed by atoms with Crippen LogP contribution in [0.1, 0.15) is 25.5 Å². The molecular formula is C13H20ClNO2. The fraction of sp³-hybridized carbons (Fsp3) is 0.538. The Morgan fingerprint density at radius 3 is 2.76 bits per heavy atom. The van der Waals surface area contributed by atoms with Crippen LogP contribution in [0.25, 0.3) is 0 Å². The topological polar surface area (TPSA) is 32.7 Å². The van der Waals surface area contributed by atoms with E-state index in [1.54, 1.807) is 19.2 Å². The van der Waals surface area contributed by atoms with E-state index in [2.05, 4.69) is 18.7 Å². The van der Waals surface area contributed by atoms with Gasteiger partial charge in [0, 0.05) is 30.3 Å². The van der Waals surface area contributed by atoms with Crippen molar-refractivity contribution >= 4 is 11.6 Å². The van der Waals surface area contributed by atoms with Gasteiger partial charge in [0.05, 0.1) is 6.61 Å². The number of nitrogens with zero attached hydrogens (tertiary/aromatic N) is 1. The van der Waals surface area contributed by atoms with Crippen molar-refractivity contribution in [1.82, 2.24) is 4.90 Å². The molecule has 1 atom stereocenters. The molecule has 4 heteroatoms. The summed E-state index contributed by atoms with van der Waals surface area (Å²) in [6, 6.07) is 5.27. The zero-order chi connectivity index (χ0) is 12.8. The summed E-state index contributed by atoms with van der Waals surface area (Å²) in [5.41, 5.74) is 0.857. The average molecular weight is 258 g/mol. The molecule has 0 aliphatic rings. The van der Waals surface area contributed by atoms with Gasteiger partial charge in [0.25, 0.3) is 0 Å². The second-order valence-corrected chi connectivity index (χ2v) is 4.44. The van der Waals surface area contributed by atoms with Crippen molar-refractivity contribution in [3.8, 4) is 5.75 Å². The molecule has 1 unspecified atom stereocenters. The van der Waals surface area contributed by atoms with Crippen molar-refractivity contribution in [2.45, 2.75) is 19.9 Å². The Hall–Kier alpha value is -0.770. The Labute approximate surface area is 108 Å². The van der Waals surface area contributed by atoms with Crippen molar-refractivity contribution < 1.29 is 9.84 Å². The number of rotatable bonds is 6. The fourth-order valence-corrected chi connectivity index (χ4v) is 2.07. The number of methoxy groups -OCH3 is 1. The minimum Gasteiger partial charge on any atom is -0.508 e. The second kappa shape index (κ2) is 6.84. The third kappa shape index (κ3) is 3.87. The van der Waals surface area contributed by atoms with E-state index in [0.29, 0.717) is 11.6 Å². The number of hydrogen-bond donors (Lipinski definition) is 1. The monoisotopic (exact) mass is 257 g/mol. The molecule has 0 radical (unpaired) electrons. The van der Waals surface area contributed by atoms with Gasteiger partial charge in [-0.25, -0.2) is 0 Å². The molecule has 0 spiro atoms. The van der Waals surface area contributed by atoms with Gasteiger partial charge < -0.3 is 9.84 Å². The maximum atomic E-state index is 9.86. The number of benzene rings is 1. The summed E-state index contributed by atoms with van der Waals surface area (Å²) >= 11 is 5.96. The molecule has 0 aromatic heterocycles. The van der Waals surface area contributed by atoms with Crippen LogP contribution in [0.15, 0.2) is 18.2 Å². The van der Waals surface area contributed by atoms with Crippen molar-refractivity contribution in [2.75, 3.05) is 26.8 Å². The minimum atomic E-state index is 0.119. The first-order valence-electron chi connectivity index (χ1n) is 5.81. The predicted molar refractivity (Wildman–Crippen MR) is 70.7 cm³/mol. The molecule has 3 nitrogen and oxygen atoms in total. The molecule has 0 amide bonds.